The number of halogens is 2. The second-order valence-electron chi connectivity index (χ2n) is 5.79. The zero-order valence-corrected chi connectivity index (χ0v) is 13.9. The molecule has 4 heterocycles. The van der Waals surface area contributed by atoms with Crippen LogP contribution in [0.15, 0.2) is 12.1 Å². The van der Waals surface area contributed by atoms with Crippen molar-refractivity contribution in [1.82, 2.24) is 14.5 Å². The van der Waals surface area contributed by atoms with Gasteiger partial charge in [-0.25, -0.2) is 4.39 Å². The summed E-state index contributed by atoms with van der Waals surface area (Å²) in [6, 6.07) is 3.86. The van der Waals surface area contributed by atoms with E-state index in [9.17, 15) is 4.39 Å². The fourth-order valence-electron chi connectivity index (χ4n) is 3.68. The minimum absolute atomic E-state index is 0.165. The molecular formula is C14H15FIN3S. The molecule has 1 atom stereocenters. The number of imidazole rings is 1. The molecule has 0 amide bonds. The third kappa shape index (κ3) is 1.95. The lowest BCUT2D eigenvalue weighted by Crippen LogP contribution is -2.48. The van der Waals surface area contributed by atoms with Gasteiger partial charge < -0.3 is 14.5 Å². The zero-order chi connectivity index (χ0) is 13.9. The van der Waals surface area contributed by atoms with E-state index < -0.39 is 0 Å². The van der Waals surface area contributed by atoms with Crippen molar-refractivity contribution in [2.24, 2.45) is 5.92 Å². The van der Waals surface area contributed by atoms with Crippen LogP contribution >= 0.6 is 34.8 Å². The van der Waals surface area contributed by atoms with E-state index >= 15 is 0 Å². The lowest BCUT2D eigenvalue weighted by molar-refractivity contribution is 0.0582. The van der Waals surface area contributed by atoms with Crippen molar-refractivity contribution in [3.05, 3.63) is 26.3 Å². The van der Waals surface area contributed by atoms with Crippen LogP contribution < -0.4 is 0 Å². The summed E-state index contributed by atoms with van der Waals surface area (Å²) in [5, 5.41) is 0. The van der Waals surface area contributed by atoms with Gasteiger partial charge in [0.05, 0.1) is 20.6 Å². The summed E-state index contributed by atoms with van der Waals surface area (Å²) in [7, 11) is 0. The molecule has 1 unspecified atom stereocenters. The van der Waals surface area contributed by atoms with E-state index in [0.717, 1.165) is 22.3 Å². The molecule has 3 fully saturated rings. The second-order valence-corrected chi connectivity index (χ2v) is 7.34. The van der Waals surface area contributed by atoms with Crippen LogP contribution in [0.3, 0.4) is 0 Å². The maximum Gasteiger partial charge on any atom is 0.178 e. The molecule has 0 aliphatic carbocycles. The van der Waals surface area contributed by atoms with Crippen LogP contribution in [-0.4, -0.2) is 34.1 Å². The first-order chi connectivity index (χ1) is 9.63. The van der Waals surface area contributed by atoms with Gasteiger partial charge in [-0.1, -0.05) is 0 Å². The molecule has 2 bridgehead atoms. The van der Waals surface area contributed by atoms with Crippen LogP contribution in [-0.2, 0) is 0 Å². The van der Waals surface area contributed by atoms with Crippen molar-refractivity contribution in [3.63, 3.8) is 0 Å². The number of aromatic amines is 1. The molecule has 3 nitrogen and oxygen atoms in total. The fourth-order valence-corrected chi connectivity index (χ4v) is 4.49. The Morgan fingerprint density at radius 3 is 2.70 bits per heavy atom. The first-order valence-electron chi connectivity index (χ1n) is 6.95. The Morgan fingerprint density at radius 1 is 1.30 bits per heavy atom. The van der Waals surface area contributed by atoms with E-state index in [1.807, 2.05) is 28.7 Å². The van der Waals surface area contributed by atoms with Gasteiger partial charge in [0, 0.05) is 12.6 Å². The second kappa shape index (κ2) is 4.78. The third-order valence-corrected chi connectivity index (χ3v) is 5.84. The van der Waals surface area contributed by atoms with Gasteiger partial charge in [0.1, 0.15) is 5.82 Å². The van der Waals surface area contributed by atoms with Crippen LogP contribution in [0, 0.1) is 20.1 Å². The number of rotatable bonds is 1. The van der Waals surface area contributed by atoms with Gasteiger partial charge in [0.25, 0.3) is 0 Å². The average Bonchev–Trinajstić information content (AvgIpc) is 2.76. The van der Waals surface area contributed by atoms with Crippen molar-refractivity contribution in [2.75, 3.05) is 19.6 Å². The van der Waals surface area contributed by atoms with Gasteiger partial charge in [-0.05, 0) is 72.7 Å². The topological polar surface area (TPSA) is 24.0 Å². The maximum atomic E-state index is 13.9. The summed E-state index contributed by atoms with van der Waals surface area (Å²) in [5.41, 5.74) is 1.85. The standard InChI is InChI=1S/C14H15FIN3S/c15-9-5-12-11(6-10(9)16)17-14(20)19(12)13-7-18-3-1-8(13)2-4-18/h5-6,8,13H,1-4,7H2,(H,17,20). The molecular weight excluding hydrogens is 388 g/mol. The highest BCUT2D eigenvalue weighted by Crippen LogP contribution is 2.37. The van der Waals surface area contributed by atoms with Crippen molar-refractivity contribution >= 4 is 45.8 Å². The van der Waals surface area contributed by atoms with E-state index in [-0.39, 0.29) is 5.82 Å². The smallest absolute Gasteiger partial charge is 0.178 e. The number of nitrogens with zero attached hydrogens (tertiary/aromatic N) is 2. The molecule has 3 aliphatic rings. The summed E-state index contributed by atoms with van der Waals surface area (Å²) in [6.45, 7) is 3.44. The van der Waals surface area contributed by atoms with Crippen molar-refractivity contribution in [1.29, 1.82) is 0 Å². The summed E-state index contributed by atoms with van der Waals surface area (Å²) in [6.07, 6.45) is 2.46. The highest BCUT2D eigenvalue weighted by Gasteiger charge is 2.36. The zero-order valence-electron chi connectivity index (χ0n) is 10.9. The van der Waals surface area contributed by atoms with E-state index in [2.05, 4.69) is 14.5 Å². The van der Waals surface area contributed by atoms with Gasteiger partial charge in [0.15, 0.2) is 4.77 Å². The van der Waals surface area contributed by atoms with E-state index in [1.165, 1.54) is 25.9 Å². The van der Waals surface area contributed by atoms with Gasteiger partial charge in [0.2, 0.25) is 0 Å². The SMILES string of the molecule is Fc1cc2c(cc1I)[nH]c(=S)n2C1CN2CCC1CC2. The molecule has 20 heavy (non-hydrogen) atoms. The molecule has 5 rings (SSSR count). The Labute approximate surface area is 135 Å². The fraction of sp³-hybridized carbons (Fsp3) is 0.500. The molecule has 1 N–H and O–H groups in total. The van der Waals surface area contributed by atoms with E-state index in [1.54, 1.807) is 6.07 Å². The summed E-state index contributed by atoms with van der Waals surface area (Å²) < 4.78 is 17.4. The van der Waals surface area contributed by atoms with Gasteiger partial charge in [-0.2, -0.15) is 0 Å². The number of aromatic nitrogens is 2. The van der Waals surface area contributed by atoms with Crippen LogP contribution in [0.2, 0.25) is 0 Å². The first kappa shape index (κ1) is 13.2. The van der Waals surface area contributed by atoms with Crippen LogP contribution in [0.5, 0.6) is 0 Å². The predicted octanol–water partition coefficient (Wildman–Crippen LogP) is 3.71. The first-order valence-corrected chi connectivity index (χ1v) is 8.44. The lowest BCUT2D eigenvalue weighted by atomic mass is 9.84. The highest BCUT2D eigenvalue weighted by molar-refractivity contribution is 14.1. The molecule has 106 valence electrons. The molecule has 0 radical (unpaired) electrons. The predicted molar refractivity (Wildman–Crippen MR) is 88.0 cm³/mol. The van der Waals surface area contributed by atoms with Crippen LogP contribution in [0.4, 0.5) is 4.39 Å². The van der Waals surface area contributed by atoms with Crippen molar-refractivity contribution < 1.29 is 4.39 Å². The van der Waals surface area contributed by atoms with Gasteiger partial charge in [-0.3, -0.25) is 0 Å². The molecule has 1 aromatic carbocycles. The Bertz CT molecular complexity index is 730. The minimum Gasteiger partial charge on any atom is -0.331 e. The molecule has 0 spiro atoms. The lowest BCUT2D eigenvalue weighted by Gasteiger charge is -2.45. The number of nitrogens with one attached hydrogen (secondary N) is 1. The quantitative estimate of drug-likeness (QED) is 0.580. The minimum atomic E-state index is -0.165. The number of piperidine rings is 3. The number of fused-ring (bicyclic) bond motifs is 4. The van der Waals surface area contributed by atoms with Crippen molar-refractivity contribution in [3.8, 4) is 0 Å². The number of hydrogen-bond acceptors (Lipinski definition) is 2. The maximum absolute atomic E-state index is 13.9. The third-order valence-electron chi connectivity index (χ3n) is 4.71. The Hall–Kier alpha value is -0.470. The number of benzene rings is 1. The molecule has 6 heteroatoms. The molecule has 3 saturated heterocycles. The molecule has 0 saturated carbocycles. The number of H-pyrrole nitrogens is 1. The summed E-state index contributed by atoms with van der Waals surface area (Å²) in [4.78, 5) is 5.73. The van der Waals surface area contributed by atoms with Gasteiger partial charge >= 0.3 is 0 Å². The van der Waals surface area contributed by atoms with Crippen LogP contribution in [0.1, 0.15) is 18.9 Å². The molecule has 1 aromatic heterocycles. The average molecular weight is 403 g/mol. The van der Waals surface area contributed by atoms with Crippen molar-refractivity contribution in [2.45, 2.75) is 18.9 Å². The highest BCUT2D eigenvalue weighted by atomic mass is 127. The Morgan fingerprint density at radius 2 is 2.05 bits per heavy atom. The Balaban J connectivity index is 1.89. The molecule has 3 aliphatic heterocycles. The number of hydrogen-bond donors (Lipinski definition) is 1. The largest absolute Gasteiger partial charge is 0.331 e. The monoisotopic (exact) mass is 403 g/mol. The summed E-state index contributed by atoms with van der Waals surface area (Å²) >= 11 is 7.52. The van der Waals surface area contributed by atoms with Crippen LogP contribution in [0.25, 0.3) is 11.0 Å². The van der Waals surface area contributed by atoms with E-state index in [0.29, 0.717) is 15.5 Å². The molecule has 2 aromatic rings. The van der Waals surface area contributed by atoms with Gasteiger partial charge in [-0.15, -0.1) is 0 Å². The summed E-state index contributed by atoms with van der Waals surface area (Å²) in [5.74, 6) is 0.509. The normalized spacial score (nSPS) is 29.2. The Kier molecular flexibility index (Phi) is 3.15. The van der Waals surface area contributed by atoms with E-state index in [4.69, 9.17) is 12.2 Å².